The van der Waals surface area contributed by atoms with Crippen LogP contribution in [0.3, 0.4) is 0 Å². The number of carbonyl (C=O) groups excluding carboxylic acids is 2. The lowest BCUT2D eigenvalue weighted by Gasteiger charge is -2.07. The average molecular weight is 346 g/mol. The van der Waals surface area contributed by atoms with Crippen molar-refractivity contribution in [3.05, 3.63) is 57.8 Å². The Labute approximate surface area is 130 Å². The van der Waals surface area contributed by atoms with Gasteiger partial charge in [-0.2, -0.15) is 0 Å². The molecule has 0 radical (unpaired) electrons. The molecule has 1 aliphatic rings. The van der Waals surface area contributed by atoms with Crippen LogP contribution in [0.1, 0.15) is 26.3 Å². The van der Waals surface area contributed by atoms with Gasteiger partial charge in [-0.15, -0.1) is 0 Å². The summed E-state index contributed by atoms with van der Waals surface area (Å²) >= 11 is 3.37. The van der Waals surface area contributed by atoms with Crippen molar-refractivity contribution >= 4 is 33.4 Å². The first-order valence-corrected chi connectivity index (χ1v) is 7.15. The fourth-order valence-electron chi connectivity index (χ4n) is 2.23. The Hall–Kier alpha value is -2.21. The van der Waals surface area contributed by atoms with Crippen LogP contribution in [0.2, 0.25) is 0 Å². The Kier molecular flexibility index (Phi) is 3.47. The zero-order chi connectivity index (χ0) is 15.0. The first-order chi connectivity index (χ1) is 10.1. The molecule has 0 unspecified atom stereocenters. The molecule has 2 aromatic rings. The van der Waals surface area contributed by atoms with Crippen LogP contribution >= 0.6 is 15.9 Å². The number of aromatic nitrogens is 1. The molecule has 1 N–H and O–H groups in total. The molecule has 1 aromatic carbocycles. The van der Waals surface area contributed by atoms with E-state index in [2.05, 4.69) is 26.2 Å². The molecule has 0 fully saturated rings. The standard InChI is InChI=1S/C15H12BrN3O2/c1-19-14(20)12-3-2-11(5-13(12)15(19)21)18-7-9-4-10(16)8-17-6-9/h2-6,8,18H,7H2,1H3. The zero-order valence-electron chi connectivity index (χ0n) is 11.3. The van der Waals surface area contributed by atoms with Crippen molar-refractivity contribution in [3.63, 3.8) is 0 Å². The fraction of sp³-hybridized carbons (Fsp3) is 0.133. The van der Waals surface area contributed by atoms with Crippen LogP contribution < -0.4 is 5.32 Å². The van der Waals surface area contributed by atoms with Crippen molar-refractivity contribution in [1.82, 2.24) is 9.88 Å². The molecule has 0 bridgehead atoms. The lowest BCUT2D eigenvalue weighted by molar-refractivity contribution is 0.0693. The summed E-state index contributed by atoms with van der Waals surface area (Å²) in [6.45, 7) is 0.587. The van der Waals surface area contributed by atoms with Crippen LogP contribution in [-0.4, -0.2) is 28.7 Å². The molecule has 106 valence electrons. The number of nitrogens with one attached hydrogen (secondary N) is 1. The second-order valence-electron chi connectivity index (χ2n) is 4.79. The summed E-state index contributed by atoms with van der Waals surface area (Å²) in [7, 11) is 1.49. The predicted molar refractivity (Wildman–Crippen MR) is 82.1 cm³/mol. The molecular weight excluding hydrogens is 334 g/mol. The quantitative estimate of drug-likeness (QED) is 0.868. The van der Waals surface area contributed by atoms with Gasteiger partial charge in [-0.25, -0.2) is 0 Å². The number of benzene rings is 1. The highest BCUT2D eigenvalue weighted by molar-refractivity contribution is 9.10. The number of halogens is 1. The maximum Gasteiger partial charge on any atom is 0.261 e. The number of anilines is 1. The minimum absolute atomic E-state index is 0.252. The number of amides is 2. The van der Waals surface area contributed by atoms with Crippen LogP contribution in [0, 0.1) is 0 Å². The van der Waals surface area contributed by atoms with Crippen molar-refractivity contribution < 1.29 is 9.59 Å². The first-order valence-electron chi connectivity index (χ1n) is 6.36. The molecule has 6 heteroatoms. The lowest BCUT2D eigenvalue weighted by atomic mass is 10.1. The van der Waals surface area contributed by atoms with Gasteiger partial charge >= 0.3 is 0 Å². The summed E-state index contributed by atoms with van der Waals surface area (Å²) in [6, 6.07) is 7.16. The summed E-state index contributed by atoms with van der Waals surface area (Å²) in [5, 5.41) is 3.23. The number of pyridine rings is 1. The van der Waals surface area contributed by atoms with Gasteiger partial charge in [0, 0.05) is 36.1 Å². The Morgan fingerprint density at radius 1 is 1.14 bits per heavy atom. The molecule has 0 saturated carbocycles. The van der Waals surface area contributed by atoms with Crippen molar-refractivity contribution in [3.8, 4) is 0 Å². The van der Waals surface area contributed by atoms with E-state index in [0.717, 1.165) is 20.6 Å². The molecule has 2 heterocycles. The third kappa shape index (κ3) is 2.54. The monoisotopic (exact) mass is 345 g/mol. The van der Waals surface area contributed by atoms with Crippen LogP contribution in [0.5, 0.6) is 0 Å². The maximum absolute atomic E-state index is 11.9. The van der Waals surface area contributed by atoms with Gasteiger partial charge in [0.25, 0.3) is 11.8 Å². The highest BCUT2D eigenvalue weighted by Crippen LogP contribution is 2.25. The molecule has 0 aliphatic carbocycles. The first kappa shape index (κ1) is 13.8. The van der Waals surface area contributed by atoms with Gasteiger partial charge in [0.2, 0.25) is 0 Å². The van der Waals surface area contributed by atoms with Gasteiger partial charge in [0.1, 0.15) is 0 Å². The number of carbonyl (C=O) groups is 2. The topological polar surface area (TPSA) is 62.3 Å². The number of nitrogens with zero attached hydrogens (tertiary/aromatic N) is 2. The van der Waals surface area contributed by atoms with Crippen molar-refractivity contribution in [2.45, 2.75) is 6.54 Å². The van der Waals surface area contributed by atoms with E-state index in [9.17, 15) is 9.59 Å². The summed E-state index contributed by atoms with van der Waals surface area (Å²) in [5.41, 5.74) is 2.71. The summed E-state index contributed by atoms with van der Waals surface area (Å²) in [6.07, 6.45) is 3.49. The maximum atomic E-state index is 11.9. The number of rotatable bonds is 3. The van der Waals surface area contributed by atoms with E-state index < -0.39 is 0 Å². The van der Waals surface area contributed by atoms with Crippen LogP contribution in [0.4, 0.5) is 5.69 Å². The van der Waals surface area contributed by atoms with E-state index in [1.54, 1.807) is 30.6 Å². The normalized spacial score (nSPS) is 13.5. The minimum Gasteiger partial charge on any atom is -0.381 e. The van der Waals surface area contributed by atoms with E-state index in [4.69, 9.17) is 0 Å². The van der Waals surface area contributed by atoms with Crippen LogP contribution in [0.25, 0.3) is 0 Å². The van der Waals surface area contributed by atoms with Crippen molar-refractivity contribution in [2.75, 3.05) is 12.4 Å². The Bertz CT molecular complexity index is 745. The number of imide groups is 1. The molecule has 0 spiro atoms. The van der Waals surface area contributed by atoms with E-state index >= 15 is 0 Å². The Morgan fingerprint density at radius 3 is 2.67 bits per heavy atom. The van der Waals surface area contributed by atoms with Gasteiger partial charge in [0.15, 0.2) is 0 Å². The molecule has 5 nitrogen and oxygen atoms in total. The molecule has 2 amide bonds. The summed E-state index contributed by atoms with van der Waals surface area (Å²) in [4.78, 5) is 29.0. The molecule has 0 saturated heterocycles. The smallest absolute Gasteiger partial charge is 0.261 e. The lowest BCUT2D eigenvalue weighted by Crippen LogP contribution is -2.24. The third-order valence-electron chi connectivity index (χ3n) is 3.35. The highest BCUT2D eigenvalue weighted by atomic mass is 79.9. The summed E-state index contributed by atoms with van der Waals surface area (Å²) < 4.78 is 0.915. The van der Waals surface area contributed by atoms with Gasteiger partial charge in [-0.3, -0.25) is 19.5 Å². The third-order valence-corrected chi connectivity index (χ3v) is 3.78. The van der Waals surface area contributed by atoms with Gasteiger partial charge in [-0.1, -0.05) is 0 Å². The molecule has 3 rings (SSSR count). The zero-order valence-corrected chi connectivity index (χ0v) is 12.8. The number of hydrogen-bond acceptors (Lipinski definition) is 4. The number of hydrogen-bond donors (Lipinski definition) is 1. The van der Waals surface area contributed by atoms with Crippen molar-refractivity contribution in [2.24, 2.45) is 0 Å². The van der Waals surface area contributed by atoms with E-state index in [1.807, 2.05) is 6.07 Å². The van der Waals surface area contributed by atoms with Crippen molar-refractivity contribution in [1.29, 1.82) is 0 Å². The molecule has 0 atom stereocenters. The Balaban J connectivity index is 1.80. The molecular formula is C15H12BrN3O2. The van der Waals surface area contributed by atoms with Gasteiger partial charge < -0.3 is 5.32 Å². The molecule has 1 aromatic heterocycles. The number of fused-ring (bicyclic) bond motifs is 1. The summed E-state index contributed by atoms with van der Waals surface area (Å²) in [5.74, 6) is -0.513. The highest BCUT2D eigenvalue weighted by Gasteiger charge is 2.32. The minimum atomic E-state index is -0.261. The molecule has 1 aliphatic heterocycles. The predicted octanol–water partition coefficient (Wildman–Crippen LogP) is 2.68. The SMILES string of the molecule is CN1C(=O)c2ccc(NCc3cncc(Br)c3)cc2C1=O. The van der Waals surface area contributed by atoms with E-state index in [1.165, 1.54) is 7.05 Å². The van der Waals surface area contributed by atoms with Gasteiger partial charge in [-0.05, 0) is 45.8 Å². The van der Waals surface area contributed by atoms with E-state index in [0.29, 0.717) is 17.7 Å². The van der Waals surface area contributed by atoms with Gasteiger partial charge in [0.05, 0.1) is 11.1 Å². The Morgan fingerprint density at radius 2 is 1.90 bits per heavy atom. The largest absolute Gasteiger partial charge is 0.381 e. The van der Waals surface area contributed by atoms with E-state index in [-0.39, 0.29) is 11.8 Å². The molecule has 21 heavy (non-hydrogen) atoms. The van der Waals surface area contributed by atoms with Crippen LogP contribution in [0.15, 0.2) is 41.1 Å². The second kappa shape index (κ2) is 5.29. The fourth-order valence-corrected chi connectivity index (χ4v) is 2.64. The van der Waals surface area contributed by atoms with Crippen LogP contribution in [-0.2, 0) is 6.54 Å². The second-order valence-corrected chi connectivity index (χ2v) is 5.71. The average Bonchev–Trinajstić information content (AvgIpc) is 2.70.